The lowest BCUT2D eigenvalue weighted by Gasteiger charge is -2.30. The maximum absolute atomic E-state index is 12.8. The molecule has 7 heteroatoms. The molecule has 1 heterocycles. The molecule has 1 aliphatic heterocycles. The van der Waals surface area contributed by atoms with Crippen LogP contribution < -0.4 is 14.9 Å². The molecule has 0 radical (unpaired) electrons. The van der Waals surface area contributed by atoms with E-state index < -0.39 is 10.0 Å². The van der Waals surface area contributed by atoms with Crippen molar-refractivity contribution in [3.8, 4) is 0 Å². The number of piperidine rings is 1. The van der Waals surface area contributed by atoms with E-state index in [0.717, 1.165) is 19.5 Å². The highest BCUT2D eigenvalue weighted by molar-refractivity contribution is 7.92. The maximum atomic E-state index is 12.8. The van der Waals surface area contributed by atoms with Gasteiger partial charge in [-0.05, 0) is 55.3 Å². The van der Waals surface area contributed by atoms with Gasteiger partial charge in [-0.25, -0.2) is 8.42 Å². The van der Waals surface area contributed by atoms with Gasteiger partial charge in [-0.3, -0.25) is 9.10 Å². The van der Waals surface area contributed by atoms with Crippen LogP contribution in [0.1, 0.15) is 23.7 Å². The van der Waals surface area contributed by atoms with Crippen molar-refractivity contribution < 1.29 is 13.2 Å². The SMILES string of the molecule is CC1CCNCC1NC(=O)c1ccc(S(=O)(=O)N(C)c2ccccc2)cc1. The number of nitrogens with zero attached hydrogens (tertiary/aromatic N) is 1. The van der Waals surface area contributed by atoms with Gasteiger partial charge < -0.3 is 10.6 Å². The molecule has 1 fully saturated rings. The number of benzene rings is 2. The summed E-state index contributed by atoms with van der Waals surface area (Å²) in [7, 11) is -2.16. The second kappa shape index (κ2) is 8.10. The molecule has 144 valence electrons. The van der Waals surface area contributed by atoms with E-state index in [2.05, 4.69) is 17.6 Å². The van der Waals surface area contributed by atoms with Crippen molar-refractivity contribution in [1.82, 2.24) is 10.6 Å². The number of carbonyl (C=O) groups is 1. The lowest BCUT2D eigenvalue weighted by Crippen LogP contribution is -2.50. The minimum absolute atomic E-state index is 0.0823. The summed E-state index contributed by atoms with van der Waals surface area (Å²) >= 11 is 0. The lowest BCUT2D eigenvalue weighted by molar-refractivity contribution is 0.0915. The Kier molecular flexibility index (Phi) is 5.82. The molecule has 0 spiro atoms. The van der Waals surface area contributed by atoms with Gasteiger partial charge in [0.2, 0.25) is 0 Å². The summed E-state index contributed by atoms with van der Waals surface area (Å²) in [6.45, 7) is 3.84. The van der Waals surface area contributed by atoms with E-state index in [0.29, 0.717) is 17.2 Å². The van der Waals surface area contributed by atoms with Crippen LogP contribution in [0.5, 0.6) is 0 Å². The second-order valence-corrected chi connectivity index (χ2v) is 8.85. The Labute approximate surface area is 160 Å². The number of para-hydroxylation sites is 1. The standard InChI is InChI=1S/C20H25N3O3S/c1-15-12-13-21-14-19(15)22-20(24)16-8-10-18(11-9-16)27(25,26)23(2)17-6-4-3-5-7-17/h3-11,15,19,21H,12-14H2,1-2H3,(H,22,24). The summed E-state index contributed by atoms with van der Waals surface area (Å²) in [5.41, 5.74) is 1.03. The molecule has 1 aliphatic rings. The normalized spacial score (nSPS) is 20.1. The van der Waals surface area contributed by atoms with E-state index in [4.69, 9.17) is 0 Å². The fourth-order valence-corrected chi connectivity index (χ4v) is 4.34. The number of anilines is 1. The summed E-state index contributed by atoms with van der Waals surface area (Å²) in [5, 5.41) is 6.31. The van der Waals surface area contributed by atoms with E-state index >= 15 is 0 Å². The summed E-state index contributed by atoms with van der Waals surface area (Å²) in [6, 6.07) is 15.0. The van der Waals surface area contributed by atoms with Crippen LogP contribution in [0.2, 0.25) is 0 Å². The summed E-state index contributed by atoms with van der Waals surface area (Å²) < 4.78 is 26.8. The molecule has 0 bridgehead atoms. The maximum Gasteiger partial charge on any atom is 0.264 e. The van der Waals surface area contributed by atoms with Crippen LogP contribution in [-0.4, -0.2) is 40.5 Å². The second-order valence-electron chi connectivity index (χ2n) is 6.88. The van der Waals surface area contributed by atoms with Gasteiger partial charge in [-0.1, -0.05) is 25.1 Å². The quantitative estimate of drug-likeness (QED) is 0.825. The number of nitrogens with one attached hydrogen (secondary N) is 2. The van der Waals surface area contributed by atoms with E-state index in [9.17, 15) is 13.2 Å². The average molecular weight is 388 g/mol. The minimum atomic E-state index is -3.68. The minimum Gasteiger partial charge on any atom is -0.348 e. The lowest BCUT2D eigenvalue weighted by atomic mass is 9.94. The predicted octanol–water partition coefficient (Wildman–Crippen LogP) is 2.24. The molecule has 2 unspecified atom stereocenters. The molecule has 27 heavy (non-hydrogen) atoms. The molecule has 1 saturated heterocycles. The van der Waals surface area contributed by atoms with Crippen molar-refractivity contribution in [2.75, 3.05) is 24.4 Å². The zero-order valence-electron chi connectivity index (χ0n) is 15.6. The Balaban J connectivity index is 1.73. The van der Waals surface area contributed by atoms with Crippen LogP contribution >= 0.6 is 0 Å². The van der Waals surface area contributed by atoms with Crippen LogP contribution in [0.3, 0.4) is 0 Å². The number of hydrogen-bond donors (Lipinski definition) is 2. The number of rotatable bonds is 5. The van der Waals surface area contributed by atoms with Crippen molar-refractivity contribution in [3.05, 3.63) is 60.2 Å². The highest BCUT2D eigenvalue weighted by Gasteiger charge is 2.24. The van der Waals surface area contributed by atoms with E-state index in [1.54, 1.807) is 36.4 Å². The topological polar surface area (TPSA) is 78.5 Å². The van der Waals surface area contributed by atoms with Gasteiger partial charge in [0.1, 0.15) is 0 Å². The van der Waals surface area contributed by atoms with Gasteiger partial charge in [0, 0.05) is 25.2 Å². The molecule has 0 aliphatic carbocycles. The van der Waals surface area contributed by atoms with E-state index in [1.807, 2.05) is 6.07 Å². The first-order valence-corrected chi connectivity index (χ1v) is 10.5. The molecule has 2 aromatic carbocycles. The summed E-state index contributed by atoms with van der Waals surface area (Å²) in [4.78, 5) is 12.6. The number of amides is 1. The van der Waals surface area contributed by atoms with Crippen LogP contribution in [0, 0.1) is 5.92 Å². The Morgan fingerprint density at radius 2 is 1.78 bits per heavy atom. The van der Waals surface area contributed by atoms with E-state index in [1.165, 1.54) is 23.5 Å². The molecular weight excluding hydrogens is 362 g/mol. The molecule has 2 atom stereocenters. The van der Waals surface area contributed by atoms with Gasteiger partial charge in [0.25, 0.3) is 15.9 Å². The van der Waals surface area contributed by atoms with Crippen molar-refractivity contribution in [3.63, 3.8) is 0 Å². The molecule has 2 N–H and O–H groups in total. The van der Waals surface area contributed by atoms with Crippen LogP contribution in [-0.2, 0) is 10.0 Å². The third-order valence-electron chi connectivity index (χ3n) is 5.04. The molecular formula is C20H25N3O3S. The third-order valence-corrected chi connectivity index (χ3v) is 6.84. The van der Waals surface area contributed by atoms with Crippen molar-refractivity contribution in [2.45, 2.75) is 24.3 Å². The first-order valence-electron chi connectivity index (χ1n) is 9.05. The summed E-state index contributed by atoms with van der Waals surface area (Å²) in [5.74, 6) is 0.227. The first kappa shape index (κ1) is 19.4. The van der Waals surface area contributed by atoms with Crippen molar-refractivity contribution in [1.29, 1.82) is 0 Å². The van der Waals surface area contributed by atoms with Crippen molar-refractivity contribution in [2.24, 2.45) is 5.92 Å². The highest BCUT2D eigenvalue weighted by atomic mass is 32.2. The van der Waals surface area contributed by atoms with Gasteiger partial charge in [-0.15, -0.1) is 0 Å². The Morgan fingerprint density at radius 3 is 2.41 bits per heavy atom. The molecule has 0 aromatic heterocycles. The molecule has 0 saturated carbocycles. The average Bonchev–Trinajstić information content (AvgIpc) is 2.70. The largest absolute Gasteiger partial charge is 0.348 e. The van der Waals surface area contributed by atoms with Crippen LogP contribution in [0.25, 0.3) is 0 Å². The van der Waals surface area contributed by atoms with Gasteiger partial charge in [0.05, 0.1) is 10.6 Å². The first-order chi connectivity index (χ1) is 12.9. The van der Waals surface area contributed by atoms with Gasteiger partial charge in [-0.2, -0.15) is 0 Å². The third kappa shape index (κ3) is 4.31. The molecule has 3 rings (SSSR count). The van der Waals surface area contributed by atoms with E-state index in [-0.39, 0.29) is 16.8 Å². The molecule has 6 nitrogen and oxygen atoms in total. The predicted molar refractivity (Wildman–Crippen MR) is 106 cm³/mol. The smallest absolute Gasteiger partial charge is 0.264 e. The Bertz CT molecular complexity index is 882. The van der Waals surface area contributed by atoms with Crippen LogP contribution in [0.4, 0.5) is 5.69 Å². The zero-order valence-corrected chi connectivity index (χ0v) is 16.4. The zero-order chi connectivity index (χ0) is 19.4. The van der Waals surface area contributed by atoms with Crippen LogP contribution in [0.15, 0.2) is 59.5 Å². The fourth-order valence-electron chi connectivity index (χ4n) is 3.15. The number of hydrogen-bond acceptors (Lipinski definition) is 4. The molecule has 1 amide bonds. The molecule has 2 aromatic rings. The fraction of sp³-hybridized carbons (Fsp3) is 0.350. The van der Waals surface area contributed by atoms with Crippen molar-refractivity contribution >= 4 is 21.6 Å². The Hall–Kier alpha value is -2.38. The van der Waals surface area contributed by atoms with Gasteiger partial charge >= 0.3 is 0 Å². The summed E-state index contributed by atoms with van der Waals surface area (Å²) in [6.07, 6.45) is 1.02. The monoisotopic (exact) mass is 387 g/mol. The number of carbonyl (C=O) groups excluding carboxylic acids is 1. The Morgan fingerprint density at radius 1 is 1.11 bits per heavy atom. The van der Waals surface area contributed by atoms with Gasteiger partial charge in [0.15, 0.2) is 0 Å². The number of sulfonamides is 1. The highest BCUT2D eigenvalue weighted by Crippen LogP contribution is 2.22.